The number of hydrogen-bond acceptors (Lipinski definition) is 6. The van der Waals surface area contributed by atoms with E-state index < -0.39 is 14.8 Å². The summed E-state index contributed by atoms with van der Waals surface area (Å²) in [5.74, 6) is 0.668. The first kappa shape index (κ1) is 23.8. The minimum atomic E-state index is -3.43. The maximum absolute atomic E-state index is 13.7. The van der Waals surface area contributed by atoms with Crippen LogP contribution in [0, 0.1) is 6.92 Å². The van der Waals surface area contributed by atoms with Crippen LogP contribution in [0.5, 0.6) is 0 Å². The maximum atomic E-state index is 13.7. The molecule has 1 unspecified atom stereocenters. The van der Waals surface area contributed by atoms with Crippen LogP contribution in [0.1, 0.15) is 48.7 Å². The first-order valence-electron chi connectivity index (χ1n) is 12.2. The molecule has 2 aromatic carbocycles. The van der Waals surface area contributed by atoms with Crippen LogP contribution in [-0.2, 0) is 29.5 Å². The average molecular weight is 492 g/mol. The highest BCUT2D eigenvalue weighted by Crippen LogP contribution is 2.46. The monoisotopic (exact) mass is 491 g/mol. The van der Waals surface area contributed by atoms with Crippen LogP contribution in [0.25, 0.3) is 0 Å². The molecule has 35 heavy (non-hydrogen) atoms. The molecule has 2 N–H and O–H groups in total. The Kier molecular flexibility index (Phi) is 6.27. The summed E-state index contributed by atoms with van der Waals surface area (Å²) in [6.07, 6.45) is 6.38. The first-order chi connectivity index (χ1) is 16.8. The fraction of sp³-hybridized carbons (Fsp3) is 0.407. The van der Waals surface area contributed by atoms with Gasteiger partial charge >= 0.3 is 0 Å². The highest BCUT2D eigenvalue weighted by Gasteiger charge is 2.53. The first-order valence-corrected chi connectivity index (χ1v) is 13.7. The lowest BCUT2D eigenvalue weighted by atomic mass is 10.0. The Hall–Kier alpha value is -2.97. The summed E-state index contributed by atoms with van der Waals surface area (Å²) in [6, 6.07) is 16.5. The smallest absolute Gasteiger partial charge is 0.219 e. The zero-order valence-electron chi connectivity index (χ0n) is 20.4. The van der Waals surface area contributed by atoms with Gasteiger partial charge < -0.3 is 10.6 Å². The summed E-state index contributed by atoms with van der Waals surface area (Å²) >= 11 is 0. The molecule has 7 nitrogen and oxygen atoms in total. The molecular weight excluding hydrogens is 458 g/mol. The Labute approximate surface area is 208 Å². The van der Waals surface area contributed by atoms with Crippen LogP contribution < -0.4 is 10.6 Å². The number of sulfonamides is 1. The fourth-order valence-electron chi connectivity index (χ4n) is 4.90. The summed E-state index contributed by atoms with van der Waals surface area (Å²) in [5, 5.41) is 0. The van der Waals surface area contributed by atoms with Crippen molar-refractivity contribution in [3.05, 3.63) is 83.4 Å². The van der Waals surface area contributed by atoms with E-state index in [1.807, 2.05) is 31.2 Å². The Morgan fingerprint density at radius 1 is 1.06 bits per heavy atom. The number of fused-ring (bicyclic) bond motifs is 1. The normalized spacial score (nSPS) is 19.7. The lowest BCUT2D eigenvalue weighted by Crippen LogP contribution is -2.46. The van der Waals surface area contributed by atoms with E-state index in [1.165, 1.54) is 5.56 Å². The minimum Gasteiger partial charge on any atom is -0.396 e. The summed E-state index contributed by atoms with van der Waals surface area (Å²) in [5.41, 5.74) is 10.8. The number of nitrogen functional groups attached to an aromatic ring is 1. The quantitative estimate of drug-likeness (QED) is 0.536. The van der Waals surface area contributed by atoms with E-state index in [1.54, 1.807) is 16.7 Å². The van der Waals surface area contributed by atoms with E-state index in [9.17, 15) is 8.42 Å². The van der Waals surface area contributed by atoms with Crippen LogP contribution in [0.2, 0.25) is 0 Å². The molecule has 1 aliphatic heterocycles. The highest BCUT2D eigenvalue weighted by molar-refractivity contribution is 7.90. The van der Waals surface area contributed by atoms with Gasteiger partial charge in [-0.2, -0.15) is 4.31 Å². The van der Waals surface area contributed by atoms with E-state index in [2.05, 4.69) is 46.1 Å². The zero-order chi connectivity index (χ0) is 24.6. The number of nitrogens with two attached hydrogens (primary N) is 1. The molecule has 0 amide bonds. The van der Waals surface area contributed by atoms with Crippen molar-refractivity contribution in [1.82, 2.24) is 14.3 Å². The van der Waals surface area contributed by atoms with Crippen LogP contribution >= 0.6 is 0 Å². The van der Waals surface area contributed by atoms with Crippen molar-refractivity contribution in [2.75, 3.05) is 17.2 Å². The second kappa shape index (κ2) is 9.24. The summed E-state index contributed by atoms with van der Waals surface area (Å²) in [4.78, 5) is 11.2. The third-order valence-electron chi connectivity index (χ3n) is 7.45. The molecular formula is C27H33N5O2S. The van der Waals surface area contributed by atoms with Crippen molar-refractivity contribution in [3.63, 3.8) is 0 Å². The van der Waals surface area contributed by atoms with Crippen LogP contribution in [0.4, 0.5) is 11.4 Å². The van der Waals surface area contributed by atoms with Gasteiger partial charge in [-0.15, -0.1) is 0 Å². The Morgan fingerprint density at radius 2 is 1.77 bits per heavy atom. The van der Waals surface area contributed by atoms with Crippen LogP contribution in [0.15, 0.2) is 60.9 Å². The topological polar surface area (TPSA) is 92.4 Å². The van der Waals surface area contributed by atoms with Gasteiger partial charge in [0.05, 0.1) is 29.4 Å². The van der Waals surface area contributed by atoms with Gasteiger partial charge in [-0.1, -0.05) is 42.5 Å². The molecule has 1 fully saturated rings. The van der Waals surface area contributed by atoms with Crippen LogP contribution in [-0.4, -0.2) is 40.0 Å². The van der Waals surface area contributed by atoms with E-state index in [0.717, 1.165) is 42.5 Å². The second-order valence-corrected chi connectivity index (χ2v) is 12.5. The molecule has 1 aromatic heterocycles. The third-order valence-corrected chi connectivity index (χ3v) is 10.1. The van der Waals surface area contributed by atoms with Crippen molar-refractivity contribution in [2.45, 2.75) is 63.4 Å². The number of benzene rings is 2. The fourth-order valence-corrected chi connectivity index (χ4v) is 6.81. The van der Waals surface area contributed by atoms with Gasteiger partial charge in [-0.25, -0.2) is 18.4 Å². The van der Waals surface area contributed by atoms with Crippen LogP contribution in [0.3, 0.4) is 0 Å². The Morgan fingerprint density at radius 3 is 2.46 bits per heavy atom. The van der Waals surface area contributed by atoms with E-state index >= 15 is 0 Å². The molecule has 0 bridgehead atoms. The van der Waals surface area contributed by atoms with Gasteiger partial charge in [0.2, 0.25) is 10.0 Å². The molecule has 2 heterocycles. The standard InChI is InChI=1S/C27H33N5O2S/c1-20-7-6-10-25-24(20)18-31(35(33,34)27(2)13-14-27)17-23(12-11-21-8-4-3-5-9-21)32(25)19-26-29-15-22(28)16-30-26/h3-10,15-16,23H,11-14,17-19,28H2,1-2H3. The molecule has 1 aliphatic carbocycles. The number of aryl methyl sites for hydroxylation is 2. The molecule has 1 saturated carbocycles. The van der Waals surface area contributed by atoms with Crippen molar-refractivity contribution in [1.29, 1.82) is 0 Å². The SMILES string of the molecule is Cc1cccc2c1CN(S(=O)(=O)C1(C)CC1)CC(CCc1ccccc1)N2Cc1ncc(N)cn1. The summed E-state index contributed by atoms with van der Waals surface area (Å²) in [7, 11) is -3.43. The van der Waals surface area contributed by atoms with Gasteiger partial charge in [-0.05, 0) is 62.3 Å². The van der Waals surface area contributed by atoms with E-state index in [-0.39, 0.29) is 6.04 Å². The van der Waals surface area contributed by atoms with Gasteiger partial charge in [-0.3, -0.25) is 0 Å². The molecule has 1 atom stereocenters. The zero-order valence-corrected chi connectivity index (χ0v) is 21.2. The molecule has 0 radical (unpaired) electrons. The number of rotatable bonds is 7. The number of anilines is 2. The predicted molar refractivity (Wildman–Crippen MR) is 139 cm³/mol. The predicted octanol–water partition coefficient (Wildman–Crippen LogP) is 4.07. The molecule has 2 aliphatic rings. The van der Waals surface area contributed by atoms with Crippen molar-refractivity contribution in [3.8, 4) is 0 Å². The molecule has 0 saturated heterocycles. The lowest BCUT2D eigenvalue weighted by molar-refractivity contribution is 0.364. The largest absolute Gasteiger partial charge is 0.396 e. The van der Waals surface area contributed by atoms with Gasteiger partial charge in [0, 0.05) is 24.8 Å². The average Bonchev–Trinajstić information content (AvgIpc) is 3.63. The highest BCUT2D eigenvalue weighted by atomic mass is 32.2. The van der Waals surface area contributed by atoms with Crippen molar-refractivity contribution >= 4 is 21.4 Å². The van der Waals surface area contributed by atoms with E-state index in [4.69, 9.17) is 5.73 Å². The number of nitrogens with zero attached hydrogens (tertiary/aromatic N) is 4. The molecule has 8 heteroatoms. The molecule has 184 valence electrons. The van der Waals surface area contributed by atoms with Gasteiger partial charge in [0.25, 0.3) is 0 Å². The lowest BCUT2D eigenvalue weighted by Gasteiger charge is -2.34. The number of hydrogen-bond donors (Lipinski definition) is 1. The maximum Gasteiger partial charge on any atom is 0.219 e. The molecule has 0 spiro atoms. The molecule has 5 rings (SSSR count). The van der Waals surface area contributed by atoms with Crippen molar-refractivity contribution in [2.24, 2.45) is 0 Å². The Balaban J connectivity index is 1.56. The second-order valence-electron chi connectivity index (χ2n) is 10.1. The minimum absolute atomic E-state index is 0.0310. The third kappa shape index (κ3) is 4.77. The van der Waals surface area contributed by atoms with Gasteiger partial charge in [0.15, 0.2) is 0 Å². The van der Waals surface area contributed by atoms with E-state index in [0.29, 0.717) is 31.1 Å². The van der Waals surface area contributed by atoms with Gasteiger partial charge in [0.1, 0.15) is 5.82 Å². The van der Waals surface area contributed by atoms with Crippen molar-refractivity contribution < 1.29 is 8.42 Å². The summed E-state index contributed by atoms with van der Waals surface area (Å²) < 4.78 is 28.6. The number of aromatic nitrogens is 2. The molecule has 3 aromatic rings. The summed E-state index contributed by atoms with van der Waals surface area (Å²) in [6.45, 7) is 5.26. The Bertz CT molecular complexity index is 1290.